The Morgan fingerprint density at radius 1 is 1.29 bits per heavy atom. The molecule has 0 radical (unpaired) electrons. The predicted molar refractivity (Wildman–Crippen MR) is 85.0 cm³/mol. The lowest BCUT2D eigenvalue weighted by atomic mass is 9.72. The summed E-state index contributed by atoms with van der Waals surface area (Å²) in [6.07, 6.45) is 0.631. The molecule has 1 amide bonds. The summed E-state index contributed by atoms with van der Waals surface area (Å²) in [5, 5.41) is 3.29. The van der Waals surface area contributed by atoms with Crippen LogP contribution in [0.1, 0.15) is 38.4 Å². The Morgan fingerprint density at radius 3 is 2.38 bits per heavy atom. The van der Waals surface area contributed by atoms with Gasteiger partial charge in [0.2, 0.25) is 11.7 Å². The summed E-state index contributed by atoms with van der Waals surface area (Å²) in [7, 11) is 0. The molecule has 9 heteroatoms. The van der Waals surface area contributed by atoms with Crippen molar-refractivity contribution in [3.05, 3.63) is 18.2 Å². The molecule has 3 heterocycles. The fourth-order valence-electron chi connectivity index (χ4n) is 3.92. The fourth-order valence-corrected chi connectivity index (χ4v) is 3.92. The highest BCUT2D eigenvalue weighted by Crippen LogP contribution is 2.47. The van der Waals surface area contributed by atoms with Gasteiger partial charge in [-0.05, 0) is 32.4 Å². The maximum Gasteiger partial charge on any atom is 0.451 e. The lowest BCUT2D eigenvalue weighted by molar-refractivity contribution is -0.144. The Morgan fingerprint density at radius 2 is 1.88 bits per heavy atom. The number of nitrogens with one attached hydrogen (secondary N) is 1. The summed E-state index contributed by atoms with van der Waals surface area (Å²) in [5.41, 5.74) is 0.255. The van der Waals surface area contributed by atoms with Crippen LogP contribution in [0.4, 0.5) is 18.9 Å². The van der Waals surface area contributed by atoms with Crippen molar-refractivity contribution in [3.63, 3.8) is 0 Å². The van der Waals surface area contributed by atoms with Crippen molar-refractivity contribution in [2.75, 3.05) is 18.0 Å². The van der Waals surface area contributed by atoms with Crippen molar-refractivity contribution in [3.8, 4) is 0 Å². The van der Waals surface area contributed by atoms with Gasteiger partial charge in [0.1, 0.15) is 0 Å². The van der Waals surface area contributed by atoms with Crippen LogP contribution in [0.3, 0.4) is 0 Å². The van der Waals surface area contributed by atoms with Crippen LogP contribution in [0.25, 0.3) is 0 Å². The average Bonchev–Trinajstić information content (AvgIpc) is 2.78. The van der Waals surface area contributed by atoms with E-state index in [-0.39, 0.29) is 29.8 Å². The summed E-state index contributed by atoms with van der Waals surface area (Å²) in [6, 6.07) is -0.0163. The first-order chi connectivity index (χ1) is 10.9. The van der Waals surface area contributed by atoms with E-state index in [9.17, 15) is 18.0 Å². The molecular formula is C15H20ClF3N4O. The van der Waals surface area contributed by atoms with E-state index in [1.165, 1.54) is 0 Å². The lowest BCUT2D eigenvalue weighted by Crippen LogP contribution is -2.46. The van der Waals surface area contributed by atoms with Crippen LogP contribution in [0.15, 0.2) is 12.4 Å². The van der Waals surface area contributed by atoms with Gasteiger partial charge in [0.25, 0.3) is 0 Å². The maximum absolute atomic E-state index is 12.6. The zero-order valence-electron chi connectivity index (χ0n) is 13.3. The molecule has 0 aromatic carbocycles. The van der Waals surface area contributed by atoms with Gasteiger partial charge in [-0.3, -0.25) is 4.79 Å². The predicted octanol–water partition coefficient (Wildman–Crippen LogP) is 2.80. The Labute approximate surface area is 144 Å². The Kier molecular flexibility index (Phi) is 5.39. The first-order valence-corrected chi connectivity index (χ1v) is 7.79. The minimum atomic E-state index is -4.58. The van der Waals surface area contributed by atoms with Crippen molar-refractivity contribution in [2.45, 2.75) is 44.8 Å². The smallest absolute Gasteiger partial charge is 0.317 e. The molecule has 5 nitrogen and oxygen atoms in total. The second kappa shape index (κ2) is 6.84. The highest BCUT2D eigenvalue weighted by Gasteiger charge is 2.51. The molecule has 24 heavy (non-hydrogen) atoms. The summed E-state index contributed by atoms with van der Waals surface area (Å²) < 4.78 is 37.8. The SMILES string of the molecule is CCC1N(c2cnc(C(F)(F)F)nc2)C(=O)CC12CCNCC2.Cl. The highest BCUT2D eigenvalue weighted by atomic mass is 35.5. The molecule has 2 aliphatic heterocycles. The normalized spacial score (nSPS) is 23.4. The summed E-state index contributed by atoms with van der Waals surface area (Å²) in [4.78, 5) is 20.9. The number of halogens is 4. The number of piperidine rings is 1. The summed E-state index contributed by atoms with van der Waals surface area (Å²) >= 11 is 0. The van der Waals surface area contributed by atoms with E-state index in [4.69, 9.17) is 0 Å². The number of carbonyl (C=O) groups is 1. The van der Waals surface area contributed by atoms with Gasteiger partial charge in [0.15, 0.2) is 0 Å². The molecule has 0 aliphatic carbocycles. The lowest BCUT2D eigenvalue weighted by Gasteiger charge is -2.40. The van der Waals surface area contributed by atoms with Gasteiger partial charge in [-0.1, -0.05) is 6.92 Å². The van der Waals surface area contributed by atoms with Gasteiger partial charge in [0, 0.05) is 17.9 Å². The average molecular weight is 365 g/mol. The van der Waals surface area contributed by atoms with Crippen LogP contribution in [-0.4, -0.2) is 35.0 Å². The Hall–Kier alpha value is -1.41. The van der Waals surface area contributed by atoms with Crippen LogP contribution in [-0.2, 0) is 11.0 Å². The van der Waals surface area contributed by atoms with Crippen LogP contribution < -0.4 is 10.2 Å². The van der Waals surface area contributed by atoms with E-state index in [1.54, 1.807) is 4.90 Å². The van der Waals surface area contributed by atoms with Gasteiger partial charge in [-0.2, -0.15) is 13.2 Å². The first kappa shape index (κ1) is 18.9. The Bertz CT molecular complexity index is 587. The van der Waals surface area contributed by atoms with Gasteiger partial charge < -0.3 is 10.2 Å². The number of anilines is 1. The molecule has 1 unspecified atom stereocenters. The van der Waals surface area contributed by atoms with Crippen molar-refractivity contribution < 1.29 is 18.0 Å². The highest BCUT2D eigenvalue weighted by molar-refractivity contribution is 5.97. The minimum Gasteiger partial charge on any atom is -0.317 e. The molecule has 1 aromatic rings. The number of hydrogen-bond acceptors (Lipinski definition) is 4. The molecule has 2 aliphatic rings. The monoisotopic (exact) mass is 364 g/mol. The molecule has 1 N–H and O–H groups in total. The van der Waals surface area contributed by atoms with Crippen molar-refractivity contribution in [1.29, 1.82) is 0 Å². The largest absolute Gasteiger partial charge is 0.451 e. The molecule has 134 valence electrons. The topological polar surface area (TPSA) is 58.1 Å². The van der Waals surface area contributed by atoms with Crippen molar-refractivity contribution in [2.24, 2.45) is 5.41 Å². The van der Waals surface area contributed by atoms with Crippen LogP contribution in [0, 0.1) is 5.41 Å². The standard InChI is InChI=1S/C15H19F3N4O.ClH/c1-2-11-14(3-5-19-6-4-14)7-12(23)22(11)10-8-20-13(21-9-10)15(16,17)18;/h8-9,11,19H,2-7H2,1H3;1H. The number of carbonyl (C=O) groups excluding carboxylic acids is 1. The number of rotatable bonds is 2. The molecule has 1 spiro atoms. The van der Waals surface area contributed by atoms with Gasteiger partial charge >= 0.3 is 6.18 Å². The van der Waals surface area contributed by atoms with E-state index >= 15 is 0 Å². The second-order valence-electron chi connectivity index (χ2n) is 6.24. The minimum absolute atomic E-state index is 0. The van der Waals surface area contributed by atoms with E-state index in [1.807, 2.05) is 6.92 Å². The number of nitrogens with zero attached hydrogens (tertiary/aromatic N) is 3. The third-order valence-electron chi connectivity index (χ3n) is 4.95. The summed E-state index contributed by atoms with van der Waals surface area (Å²) in [5.74, 6) is -1.24. The molecule has 2 saturated heterocycles. The number of aromatic nitrogens is 2. The number of amides is 1. The zero-order chi connectivity index (χ0) is 16.7. The molecule has 1 aromatic heterocycles. The number of hydrogen-bond donors (Lipinski definition) is 1. The van der Waals surface area contributed by atoms with E-state index in [0.29, 0.717) is 12.1 Å². The third kappa shape index (κ3) is 3.21. The number of alkyl halides is 3. The van der Waals surface area contributed by atoms with Crippen LogP contribution in [0.2, 0.25) is 0 Å². The second-order valence-corrected chi connectivity index (χ2v) is 6.24. The van der Waals surface area contributed by atoms with Gasteiger partial charge in [-0.25, -0.2) is 9.97 Å². The maximum atomic E-state index is 12.6. The van der Waals surface area contributed by atoms with Crippen molar-refractivity contribution >= 4 is 24.0 Å². The summed E-state index contributed by atoms with van der Waals surface area (Å²) in [6.45, 7) is 3.73. The molecule has 0 saturated carbocycles. The molecule has 2 fully saturated rings. The fraction of sp³-hybridized carbons (Fsp3) is 0.667. The van der Waals surface area contributed by atoms with Gasteiger partial charge in [0.05, 0.1) is 18.1 Å². The van der Waals surface area contributed by atoms with Crippen molar-refractivity contribution in [1.82, 2.24) is 15.3 Å². The molecular weight excluding hydrogens is 345 g/mol. The third-order valence-corrected chi connectivity index (χ3v) is 4.95. The van der Waals surface area contributed by atoms with Crippen LogP contribution in [0.5, 0.6) is 0 Å². The molecule has 3 rings (SSSR count). The quantitative estimate of drug-likeness (QED) is 0.876. The zero-order valence-corrected chi connectivity index (χ0v) is 14.1. The molecule has 1 atom stereocenters. The van der Waals surface area contributed by atoms with Gasteiger partial charge in [-0.15, -0.1) is 12.4 Å². The Balaban J connectivity index is 0.00000208. The van der Waals surface area contributed by atoms with E-state index in [0.717, 1.165) is 44.7 Å². The molecule has 0 bridgehead atoms. The van der Waals surface area contributed by atoms with E-state index in [2.05, 4.69) is 15.3 Å². The first-order valence-electron chi connectivity index (χ1n) is 7.79. The van der Waals surface area contributed by atoms with Crippen LogP contribution >= 0.6 is 12.4 Å². The van der Waals surface area contributed by atoms with E-state index < -0.39 is 12.0 Å².